The lowest BCUT2D eigenvalue weighted by molar-refractivity contribution is 0.0378. The molecule has 1 fully saturated rings. The highest BCUT2D eigenvalue weighted by atomic mass is 16.5. The van der Waals surface area contributed by atoms with Crippen molar-refractivity contribution in [3.05, 3.63) is 48.7 Å². The van der Waals surface area contributed by atoms with Gasteiger partial charge < -0.3 is 10.1 Å². The topological polar surface area (TPSA) is 37.4 Å². The minimum atomic E-state index is 0.868. The van der Waals surface area contributed by atoms with Crippen LogP contribution in [0.4, 0.5) is 5.69 Å². The molecule has 24 heavy (non-hydrogen) atoms. The second-order valence-corrected chi connectivity index (χ2v) is 6.28. The molecule has 0 amide bonds. The van der Waals surface area contributed by atoms with E-state index in [4.69, 9.17) is 4.74 Å². The lowest BCUT2D eigenvalue weighted by atomic mass is 10.0. The van der Waals surface area contributed by atoms with Crippen LogP contribution in [0.2, 0.25) is 0 Å². The predicted octanol–water partition coefficient (Wildman–Crippen LogP) is 3.52. The third kappa shape index (κ3) is 3.21. The standard InChI is InChI=1S/C20H23N3O/c1-2-6-17-16(5-1)15-19-18(7-3-8-21-19)20(17)22-9-4-10-23-11-13-24-14-12-23/h1-3,5-8,15,22H,4,9-14H2. The fraction of sp³-hybridized carbons (Fsp3) is 0.350. The van der Waals surface area contributed by atoms with Gasteiger partial charge >= 0.3 is 0 Å². The number of nitrogens with one attached hydrogen (secondary N) is 1. The van der Waals surface area contributed by atoms with Gasteiger partial charge in [0.1, 0.15) is 0 Å². The molecule has 1 aliphatic rings. The van der Waals surface area contributed by atoms with Crippen molar-refractivity contribution in [2.45, 2.75) is 6.42 Å². The highest BCUT2D eigenvalue weighted by Gasteiger charge is 2.10. The number of fused-ring (bicyclic) bond motifs is 2. The SMILES string of the molecule is c1ccc2c(NCCCN3CCOCC3)c3cccnc3cc2c1. The molecule has 0 saturated carbocycles. The van der Waals surface area contributed by atoms with Crippen molar-refractivity contribution in [2.24, 2.45) is 0 Å². The van der Waals surface area contributed by atoms with Crippen LogP contribution < -0.4 is 5.32 Å². The van der Waals surface area contributed by atoms with E-state index in [1.807, 2.05) is 12.3 Å². The van der Waals surface area contributed by atoms with Gasteiger partial charge in [-0.3, -0.25) is 9.88 Å². The fourth-order valence-electron chi connectivity index (χ4n) is 3.42. The van der Waals surface area contributed by atoms with Crippen molar-refractivity contribution in [2.75, 3.05) is 44.7 Å². The van der Waals surface area contributed by atoms with E-state index in [0.29, 0.717) is 0 Å². The average molecular weight is 321 g/mol. The molecule has 1 aromatic heterocycles. The molecule has 2 aromatic carbocycles. The maximum Gasteiger partial charge on any atom is 0.0729 e. The highest BCUT2D eigenvalue weighted by Crippen LogP contribution is 2.31. The van der Waals surface area contributed by atoms with E-state index < -0.39 is 0 Å². The van der Waals surface area contributed by atoms with E-state index in [1.54, 1.807) is 0 Å². The van der Waals surface area contributed by atoms with Gasteiger partial charge in [-0.15, -0.1) is 0 Å². The van der Waals surface area contributed by atoms with Crippen LogP contribution in [0, 0.1) is 0 Å². The number of anilines is 1. The van der Waals surface area contributed by atoms with E-state index >= 15 is 0 Å². The Labute approximate surface area is 142 Å². The summed E-state index contributed by atoms with van der Waals surface area (Å²) in [5.41, 5.74) is 2.25. The Morgan fingerprint density at radius 2 is 1.88 bits per heavy atom. The Bertz CT molecular complexity index is 773. The molecule has 1 aliphatic heterocycles. The zero-order chi connectivity index (χ0) is 16.2. The second kappa shape index (κ2) is 7.16. The molecule has 0 radical (unpaired) electrons. The quantitative estimate of drug-likeness (QED) is 0.576. The lowest BCUT2D eigenvalue weighted by Gasteiger charge is -2.26. The largest absolute Gasteiger partial charge is 0.384 e. The van der Waals surface area contributed by atoms with Crippen LogP contribution in [0.3, 0.4) is 0 Å². The zero-order valence-corrected chi connectivity index (χ0v) is 13.9. The summed E-state index contributed by atoms with van der Waals surface area (Å²) in [7, 11) is 0. The molecular formula is C20H23N3O. The minimum Gasteiger partial charge on any atom is -0.384 e. The number of benzene rings is 2. The van der Waals surface area contributed by atoms with Crippen LogP contribution in [0.25, 0.3) is 21.7 Å². The summed E-state index contributed by atoms with van der Waals surface area (Å²) < 4.78 is 5.41. The first-order valence-electron chi connectivity index (χ1n) is 8.72. The zero-order valence-electron chi connectivity index (χ0n) is 13.9. The minimum absolute atomic E-state index is 0.868. The number of rotatable bonds is 5. The van der Waals surface area contributed by atoms with Gasteiger partial charge in [0, 0.05) is 36.6 Å². The molecule has 4 heteroatoms. The van der Waals surface area contributed by atoms with Gasteiger partial charge in [-0.1, -0.05) is 24.3 Å². The summed E-state index contributed by atoms with van der Waals surface area (Å²) in [5.74, 6) is 0. The number of hydrogen-bond donors (Lipinski definition) is 1. The van der Waals surface area contributed by atoms with Gasteiger partial charge in [0.15, 0.2) is 0 Å². The smallest absolute Gasteiger partial charge is 0.0729 e. The van der Waals surface area contributed by atoms with Crippen molar-refractivity contribution in [3.63, 3.8) is 0 Å². The molecule has 1 saturated heterocycles. The number of pyridine rings is 1. The Morgan fingerprint density at radius 1 is 1.04 bits per heavy atom. The Hall–Kier alpha value is -2.17. The first kappa shape index (κ1) is 15.4. The molecule has 2 heterocycles. The molecular weight excluding hydrogens is 298 g/mol. The normalized spacial score (nSPS) is 15.8. The molecule has 3 aromatic rings. The molecule has 0 bridgehead atoms. The van der Waals surface area contributed by atoms with Crippen molar-refractivity contribution in [1.29, 1.82) is 0 Å². The maximum absolute atomic E-state index is 5.41. The van der Waals surface area contributed by atoms with Gasteiger partial charge in [0.2, 0.25) is 0 Å². The molecule has 124 valence electrons. The Kier molecular flexibility index (Phi) is 4.58. The van der Waals surface area contributed by atoms with Crippen LogP contribution in [0.1, 0.15) is 6.42 Å². The van der Waals surface area contributed by atoms with E-state index in [2.05, 4.69) is 51.6 Å². The summed E-state index contributed by atoms with van der Waals surface area (Å²) in [6, 6.07) is 14.9. The lowest BCUT2D eigenvalue weighted by Crippen LogP contribution is -2.37. The third-order valence-corrected chi connectivity index (χ3v) is 4.69. The maximum atomic E-state index is 5.41. The van der Waals surface area contributed by atoms with E-state index in [0.717, 1.165) is 51.3 Å². The van der Waals surface area contributed by atoms with Crippen LogP contribution in [-0.2, 0) is 4.74 Å². The van der Waals surface area contributed by atoms with E-state index in [9.17, 15) is 0 Å². The third-order valence-electron chi connectivity index (χ3n) is 4.69. The van der Waals surface area contributed by atoms with Gasteiger partial charge in [-0.25, -0.2) is 0 Å². The van der Waals surface area contributed by atoms with Crippen LogP contribution >= 0.6 is 0 Å². The fourth-order valence-corrected chi connectivity index (χ4v) is 3.42. The predicted molar refractivity (Wildman–Crippen MR) is 99.6 cm³/mol. The molecule has 0 atom stereocenters. The Morgan fingerprint density at radius 3 is 2.79 bits per heavy atom. The molecule has 4 rings (SSSR count). The average Bonchev–Trinajstić information content (AvgIpc) is 2.65. The summed E-state index contributed by atoms with van der Waals surface area (Å²) in [6.45, 7) is 5.94. The highest BCUT2D eigenvalue weighted by molar-refractivity contribution is 6.09. The van der Waals surface area contributed by atoms with Gasteiger partial charge in [0.05, 0.1) is 24.4 Å². The summed E-state index contributed by atoms with van der Waals surface area (Å²) >= 11 is 0. The van der Waals surface area contributed by atoms with Gasteiger partial charge in [0.25, 0.3) is 0 Å². The first-order valence-corrected chi connectivity index (χ1v) is 8.72. The van der Waals surface area contributed by atoms with Crippen LogP contribution in [0.5, 0.6) is 0 Å². The molecule has 0 unspecified atom stereocenters. The summed E-state index contributed by atoms with van der Waals surface area (Å²) in [4.78, 5) is 7.01. The molecule has 4 nitrogen and oxygen atoms in total. The van der Waals surface area contributed by atoms with E-state index in [1.165, 1.54) is 21.8 Å². The number of nitrogens with zero attached hydrogens (tertiary/aromatic N) is 2. The number of morpholine rings is 1. The number of hydrogen-bond acceptors (Lipinski definition) is 4. The van der Waals surface area contributed by atoms with Gasteiger partial charge in [-0.05, 0) is 36.6 Å². The van der Waals surface area contributed by atoms with E-state index in [-0.39, 0.29) is 0 Å². The van der Waals surface area contributed by atoms with Crippen molar-refractivity contribution >= 4 is 27.4 Å². The van der Waals surface area contributed by atoms with Crippen molar-refractivity contribution in [1.82, 2.24) is 9.88 Å². The van der Waals surface area contributed by atoms with Crippen molar-refractivity contribution < 1.29 is 4.74 Å². The molecule has 1 N–H and O–H groups in total. The second-order valence-electron chi connectivity index (χ2n) is 6.28. The van der Waals surface area contributed by atoms with Gasteiger partial charge in [-0.2, -0.15) is 0 Å². The van der Waals surface area contributed by atoms with Crippen molar-refractivity contribution in [3.8, 4) is 0 Å². The monoisotopic (exact) mass is 321 g/mol. The molecule has 0 aliphatic carbocycles. The van der Waals surface area contributed by atoms with Crippen LogP contribution in [-0.4, -0.2) is 49.3 Å². The number of ether oxygens (including phenoxy) is 1. The summed E-state index contributed by atoms with van der Waals surface area (Å²) in [6.07, 6.45) is 2.99. The summed E-state index contributed by atoms with van der Waals surface area (Å²) in [5, 5.41) is 7.37. The Balaban J connectivity index is 1.53. The first-order chi connectivity index (χ1) is 11.9. The number of aromatic nitrogens is 1. The molecule has 0 spiro atoms. The van der Waals surface area contributed by atoms with Crippen LogP contribution in [0.15, 0.2) is 48.7 Å².